The Morgan fingerprint density at radius 3 is 2.68 bits per heavy atom. The molecular formula is C18H16N4O3. The van der Waals surface area contributed by atoms with Gasteiger partial charge in [-0.15, -0.1) is 0 Å². The number of aromatic amines is 1. The van der Waals surface area contributed by atoms with E-state index in [0.717, 1.165) is 11.1 Å². The molecular weight excluding hydrogens is 320 g/mol. The number of nitrogens with zero attached hydrogens (tertiary/aromatic N) is 2. The number of amides is 1. The highest BCUT2D eigenvalue weighted by Gasteiger charge is 2.13. The molecule has 7 heteroatoms. The van der Waals surface area contributed by atoms with Gasteiger partial charge in [-0.3, -0.25) is 20.0 Å². The number of rotatable bonds is 4. The van der Waals surface area contributed by atoms with Crippen LogP contribution < -0.4 is 5.32 Å². The summed E-state index contributed by atoms with van der Waals surface area (Å²) >= 11 is 0. The predicted molar refractivity (Wildman–Crippen MR) is 94.5 cm³/mol. The highest BCUT2D eigenvalue weighted by atomic mass is 16.6. The van der Waals surface area contributed by atoms with Crippen molar-refractivity contribution >= 4 is 17.4 Å². The molecule has 0 saturated carbocycles. The normalized spacial score (nSPS) is 10.5. The lowest BCUT2D eigenvalue weighted by Crippen LogP contribution is -2.13. The Hall–Kier alpha value is -3.48. The molecule has 0 aliphatic rings. The summed E-state index contributed by atoms with van der Waals surface area (Å²) in [6, 6.07) is 13.4. The van der Waals surface area contributed by atoms with Crippen LogP contribution in [0.4, 0.5) is 11.5 Å². The van der Waals surface area contributed by atoms with Crippen LogP contribution in [0.25, 0.3) is 11.3 Å². The zero-order valence-corrected chi connectivity index (χ0v) is 13.7. The number of benzene rings is 2. The van der Waals surface area contributed by atoms with E-state index in [1.807, 2.05) is 26.0 Å². The summed E-state index contributed by atoms with van der Waals surface area (Å²) in [7, 11) is 0. The van der Waals surface area contributed by atoms with E-state index < -0.39 is 4.92 Å². The summed E-state index contributed by atoms with van der Waals surface area (Å²) in [5.74, 6) is 0.0982. The zero-order chi connectivity index (χ0) is 18.0. The van der Waals surface area contributed by atoms with Crippen molar-refractivity contribution in [2.45, 2.75) is 13.8 Å². The van der Waals surface area contributed by atoms with E-state index in [1.54, 1.807) is 24.3 Å². The van der Waals surface area contributed by atoms with Crippen LogP contribution in [0.5, 0.6) is 0 Å². The quantitative estimate of drug-likeness (QED) is 0.558. The van der Waals surface area contributed by atoms with E-state index in [0.29, 0.717) is 22.6 Å². The number of nitrogens with one attached hydrogen (secondary N) is 2. The van der Waals surface area contributed by atoms with Gasteiger partial charge in [0.2, 0.25) is 0 Å². The van der Waals surface area contributed by atoms with Crippen LogP contribution in [-0.4, -0.2) is 21.0 Å². The third-order valence-corrected chi connectivity index (χ3v) is 3.81. The Labute approximate surface area is 143 Å². The van der Waals surface area contributed by atoms with Gasteiger partial charge in [0.05, 0.1) is 10.6 Å². The summed E-state index contributed by atoms with van der Waals surface area (Å²) in [5.41, 5.74) is 3.74. The van der Waals surface area contributed by atoms with Gasteiger partial charge < -0.3 is 5.32 Å². The van der Waals surface area contributed by atoms with Gasteiger partial charge in [0.1, 0.15) is 0 Å². The average molecular weight is 336 g/mol. The maximum absolute atomic E-state index is 12.4. The van der Waals surface area contributed by atoms with E-state index in [2.05, 4.69) is 15.5 Å². The number of nitro groups is 1. The average Bonchev–Trinajstić information content (AvgIpc) is 3.03. The molecule has 0 spiro atoms. The van der Waals surface area contributed by atoms with Gasteiger partial charge in [0.25, 0.3) is 11.6 Å². The third-order valence-electron chi connectivity index (χ3n) is 3.81. The van der Waals surface area contributed by atoms with Crippen molar-refractivity contribution in [1.82, 2.24) is 10.2 Å². The molecule has 0 aliphatic carbocycles. The fourth-order valence-electron chi connectivity index (χ4n) is 2.57. The van der Waals surface area contributed by atoms with Crippen molar-refractivity contribution in [2.75, 3.05) is 5.32 Å². The minimum absolute atomic E-state index is 0.00651. The second-order valence-electron chi connectivity index (χ2n) is 5.75. The molecule has 2 N–H and O–H groups in total. The zero-order valence-electron chi connectivity index (χ0n) is 13.7. The largest absolute Gasteiger partial charge is 0.305 e. The molecule has 2 aromatic carbocycles. The van der Waals surface area contributed by atoms with Gasteiger partial charge in [-0.1, -0.05) is 29.8 Å². The number of hydrogen-bond donors (Lipinski definition) is 2. The van der Waals surface area contributed by atoms with Gasteiger partial charge in [-0.05, 0) is 25.5 Å². The fraction of sp³-hybridized carbons (Fsp3) is 0.111. The standard InChI is InChI=1S/C18H16N4O3/c1-11-6-7-15(12(2)8-11)18(23)19-17-10-16(20-21-17)13-4-3-5-14(9-13)22(24)25/h3-10H,1-2H3,(H2,19,20,21,23). The monoisotopic (exact) mass is 336 g/mol. The van der Waals surface area contributed by atoms with E-state index >= 15 is 0 Å². The Bertz CT molecular complexity index is 962. The van der Waals surface area contributed by atoms with Crippen LogP contribution in [0.2, 0.25) is 0 Å². The van der Waals surface area contributed by atoms with Crippen LogP contribution in [0, 0.1) is 24.0 Å². The maximum atomic E-state index is 12.4. The van der Waals surface area contributed by atoms with Crippen LogP contribution in [0.1, 0.15) is 21.5 Å². The molecule has 1 heterocycles. The Morgan fingerprint density at radius 1 is 1.16 bits per heavy atom. The van der Waals surface area contributed by atoms with Crippen molar-refractivity contribution < 1.29 is 9.72 Å². The topological polar surface area (TPSA) is 101 Å². The Kier molecular flexibility index (Phi) is 4.30. The first kappa shape index (κ1) is 16.4. The maximum Gasteiger partial charge on any atom is 0.270 e. The third kappa shape index (κ3) is 3.55. The molecule has 3 aromatic rings. The number of carbonyl (C=O) groups excluding carboxylic acids is 1. The van der Waals surface area contributed by atoms with E-state index in [9.17, 15) is 14.9 Å². The van der Waals surface area contributed by atoms with Gasteiger partial charge in [-0.25, -0.2) is 0 Å². The minimum atomic E-state index is -0.456. The lowest BCUT2D eigenvalue weighted by Gasteiger charge is -2.06. The Balaban J connectivity index is 1.81. The van der Waals surface area contributed by atoms with Crippen LogP contribution in [-0.2, 0) is 0 Å². The molecule has 1 aromatic heterocycles. The summed E-state index contributed by atoms with van der Waals surface area (Å²) in [5, 5.41) is 20.4. The minimum Gasteiger partial charge on any atom is -0.305 e. The first-order valence-corrected chi connectivity index (χ1v) is 7.63. The van der Waals surface area contributed by atoms with Crippen LogP contribution in [0.15, 0.2) is 48.5 Å². The van der Waals surface area contributed by atoms with Crippen molar-refractivity contribution in [2.24, 2.45) is 0 Å². The summed E-state index contributed by atoms with van der Waals surface area (Å²) in [4.78, 5) is 22.8. The Morgan fingerprint density at radius 2 is 1.96 bits per heavy atom. The van der Waals surface area contributed by atoms with Gasteiger partial charge in [-0.2, -0.15) is 5.10 Å². The number of H-pyrrole nitrogens is 1. The van der Waals surface area contributed by atoms with Crippen LogP contribution in [0.3, 0.4) is 0 Å². The number of aryl methyl sites for hydroxylation is 2. The molecule has 0 radical (unpaired) electrons. The molecule has 0 atom stereocenters. The van der Waals surface area contributed by atoms with E-state index in [1.165, 1.54) is 12.1 Å². The van der Waals surface area contributed by atoms with Crippen molar-refractivity contribution in [3.8, 4) is 11.3 Å². The van der Waals surface area contributed by atoms with Crippen molar-refractivity contribution in [3.05, 3.63) is 75.3 Å². The second kappa shape index (κ2) is 6.56. The number of nitro benzene ring substituents is 1. The van der Waals surface area contributed by atoms with Crippen LogP contribution >= 0.6 is 0 Å². The first-order valence-electron chi connectivity index (χ1n) is 7.63. The molecule has 7 nitrogen and oxygen atoms in total. The highest BCUT2D eigenvalue weighted by Crippen LogP contribution is 2.24. The second-order valence-corrected chi connectivity index (χ2v) is 5.75. The fourth-order valence-corrected chi connectivity index (χ4v) is 2.57. The van der Waals surface area contributed by atoms with Gasteiger partial charge in [0, 0.05) is 29.3 Å². The molecule has 0 saturated heterocycles. The lowest BCUT2D eigenvalue weighted by atomic mass is 10.1. The number of anilines is 1. The number of non-ortho nitro benzene ring substituents is 1. The number of carbonyl (C=O) groups is 1. The molecule has 1 amide bonds. The summed E-state index contributed by atoms with van der Waals surface area (Å²) < 4.78 is 0. The van der Waals surface area contributed by atoms with Crippen molar-refractivity contribution in [1.29, 1.82) is 0 Å². The summed E-state index contributed by atoms with van der Waals surface area (Å²) in [6.45, 7) is 3.84. The number of aromatic nitrogens is 2. The van der Waals surface area contributed by atoms with E-state index in [4.69, 9.17) is 0 Å². The van der Waals surface area contributed by atoms with E-state index in [-0.39, 0.29) is 11.6 Å². The summed E-state index contributed by atoms with van der Waals surface area (Å²) in [6.07, 6.45) is 0. The highest BCUT2D eigenvalue weighted by molar-refractivity contribution is 6.05. The molecule has 126 valence electrons. The predicted octanol–water partition coefficient (Wildman–Crippen LogP) is 3.85. The lowest BCUT2D eigenvalue weighted by molar-refractivity contribution is -0.384. The number of hydrogen-bond acceptors (Lipinski definition) is 4. The SMILES string of the molecule is Cc1ccc(C(=O)Nc2cc(-c3cccc([N+](=O)[O-])c3)[nH]n2)c(C)c1. The smallest absolute Gasteiger partial charge is 0.270 e. The molecule has 0 fully saturated rings. The molecule has 25 heavy (non-hydrogen) atoms. The van der Waals surface area contributed by atoms with Gasteiger partial charge >= 0.3 is 0 Å². The van der Waals surface area contributed by atoms with Crippen molar-refractivity contribution in [3.63, 3.8) is 0 Å². The van der Waals surface area contributed by atoms with Gasteiger partial charge in [0.15, 0.2) is 5.82 Å². The molecule has 0 aliphatic heterocycles. The molecule has 0 bridgehead atoms. The molecule has 0 unspecified atom stereocenters. The first-order chi connectivity index (χ1) is 11.9. The molecule has 3 rings (SSSR count).